The third-order valence-corrected chi connectivity index (χ3v) is 6.82. The van der Waals surface area contributed by atoms with Gasteiger partial charge in [-0.25, -0.2) is 4.79 Å². The van der Waals surface area contributed by atoms with E-state index in [-0.39, 0.29) is 35.0 Å². The van der Waals surface area contributed by atoms with Crippen LogP contribution in [0.25, 0.3) is 0 Å². The number of hydrogen-bond donors (Lipinski definition) is 1. The fraction of sp³-hybridized carbons (Fsp3) is 0.433. The average Bonchev–Trinajstić information content (AvgIpc) is 3.01. The molecule has 0 spiro atoms. The van der Waals surface area contributed by atoms with Gasteiger partial charge in [0, 0.05) is 35.5 Å². The van der Waals surface area contributed by atoms with Crippen molar-refractivity contribution in [2.45, 2.75) is 65.3 Å². The van der Waals surface area contributed by atoms with Gasteiger partial charge in [0.1, 0.15) is 6.04 Å². The van der Waals surface area contributed by atoms with Crippen molar-refractivity contribution in [2.75, 3.05) is 18.6 Å². The number of carbonyl (C=O) groups excluding carboxylic acids is 3. The van der Waals surface area contributed by atoms with E-state index in [1.165, 1.54) is 0 Å². The largest absolute Gasteiger partial charge is 0.456 e. The average molecular weight is 491 g/mol. The molecular formula is C30H38N2O4. The first-order valence-corrected chi connectivity index (χ1v) is 12.4. The fourth-order valence-electron chi connectivity index (χ4n) is 4.53. The van der Waals surface area contributed by atoms with Gasteiger partial charge in [-0.3, -0.25) is 9.59 Å². The summed E-state index contributed by atoms with van der Waals surface area (Å²) in [5.74, 6) is -1.50. The normalized spacial score (nSPS) is 16.6. The maximum atomic E-state index is 12.8. The van der Waals surface area contributed by atoms with E-state index < -0.39 is 12.0 Å². The molecule has 1 amide bonds. The zero-order valence-electron chi connectivity index (χ0n) is 22.6. The lowest BCUT2D eigenvalue weighted by Crippen LogP contribution is -2.45. The van der Waals surface area contributed by atoms with Gasteiger partial charge in [0.25, 0.3) is 5.91 Å². The molecule has 0 radical (unpaired) electrons. The monoisotopic (exact) mass is 490 g/mol. The van der Waals surface area contributed by atoms with Crippen LogP contribution in [0.2, 0.25) is 0 Å². The smallest absolute Gasteiger partial charge is 0.329 e. The minimum atomic E-state index is -0.866. The molecule has 0 saturated carbocycles. The van der Waals surface area contributed by atoms with Crippen LogP contribution in [0.1, 0.15) is 70.0 Å². The quantitative estimate of drug-likeness (QED) is 0.428. The van der Waals surface area contributed by atoms with E-state index >= 15 is 0 Å². The van der Waals surface area contributed by atoms with Gasteiger partial charge < -0.3 is 15.0 Å². The zero-order chi connectivity index (χ0) is 26.8. The number of carbonyl (C=O) groups is 3. The Hall–Kier alpha value is -3.41. The lowest BCUT2D eigenvalue weighted by Gasteiger charge is -2.24. The summed E-state index contributed by atoms with van der Waals surface area (Å²) in [7, 11) is 1.93. The van der Waals surface area contributed by atoms with Crippen molar-refractivity contribution >= 4 is 23.3 Å². The van der Waals surface area contributed by atoms with Crippen LogP contribution in [0.15, 0.2) is 60.3 Å². The molecule has 3 rings (SSSR count). The van der Waals surface area contributed by atoms with Crippen molar-refractivity contribution in [1.29, 1.82) is 0 Å². The first kappa shape index (κ1) is 27.2. The van der Waals surface area contributed by atoms with Crippen LogP contribution >= 0.6 is 0 Å². The molecule has 1 aliphatic rings. The van der Waals surface area contributed by atoms with Crippen LogP contribution in [0.3, 0.4) is 0 Å². The number of amides is 1. The molecule has 6 heteroatoms. The Bertz CT molecular complexity index is 1170. The van der Waals surface area contributed by atoms with E-state index in [4.69, 9.17) is 4.74 Å². The van der Waals surface area contributed by atoms with Gasteiger partial charge in [0.15, 0.2) is 12.4 Å². The SMILES string of the molecule is CC(C)C(NC(=O)c1ccc(C(C)(C)C)cc1)C(=O)OCC(=O)C=C1N(C)c2ccccc2C1(C)C. The minimum Gasteiger partial charge on any atom is -0.456 e. The number of fused-ring (bicyclic) bond motifs is 1. The van der Waals surface area contributed by atoms with E-state index in [1.54, 1.807) is 18.2 Å². The van der Waals surface area contributed by atoms with Crippen LogP contribution in [0, 0.1) is 5.92 Å². The highest BCUT2D eigenvalue weighted by Gasteiger charge is 2.38. The van der Waals surface area contributed by atoms with Gasteiger partial charge in [-0.2, -0.15) is 0 Å². The molecule has 2 aromatic rings. The molecule has 1 aliphatic heterocycles. The minimum absolute atomic E-state index is 0.0214. The molecule has 36 heavy (non-hydrogen) atoms. The number of allylic oxidation sites excluding steroid dienone is 1. The molecule has 192 valence electrons. The van der Waals surface area contributed by atoms with Crippen molar-refractivity contribution in [3.05, 3.63) is 77.0 Å². The van der Waals surface area contributed by atoms with E-state index in [0.717, 1.165) is 22.5 Å². The van der Waals surface area contributed by atoms with Crippen LogP contribution in [-0.4, -0.2) is 37.4 Å². The Kier molecular flexibility index (Phi) is 7.77. The molecule has 1 heterocycles. The van der Waals surface area contributed by atoms with Crippen LogP contribution in [0.5, 0.6) is 0 Å². The Labute approximate surface area is 214 Å². The van der Waals surface area contributed by atoms with Crippen LogP contribution < -0.4 is 10.2 Å². The molecule has 0 aliphatic carbocycles. The van der Waals surface area contributed by atoms with Crippen molar-refractivity contribution in [3.63, 3.8) is 0 Å². The third-order valence-electron chi connectivity index (χ3n) is 6.82. The van der Waals surface area contributed by atoms with E-state index in [2.05, 4.69) is 46.0 Å². The Morgan fingerprint density at radius 1 is 1.03 bits per heavy atom. The topological polar surface area (TPSA) is 75.7 Å². The van der Waals surface area contributed by atoms with Crippen LogP contribution in [-0.2, 0) is 25.2 Å². The number of ketones is 1. The van der Waals surface area contributed by atoms with Crippen molar-refractivity contribution in [2.24, 2.45) is 5.92 Å². The Balaban J connectivity index is 1.65. The van der Waals surface area contributed by atoms with E-state index in [9.17, 15) is 14.4 Å². The first-order chi connectivity index (χ1) is 16.7. The summed E-state index contributed by atoms with van der Waals surface area (Å²) < 4.78 is 5.35. The van der Waals surface area contributed by atoms with Crippen LogP contribution in [0.4, 0.5) is 5.69 Å². The second kappa shape index (κ2) is 10.3. The van der Waals surface area contributed by atoms with Gasteiger partial charge in [0.2, 0.25) is 0 Å². The highest BCUT2D eigenvalue weighted by atomic mass is 16.5. The van der Waals surface area contributed by atoms with E-state index in [0.29, 0.717) is 5.56 Å². The Morgan fingerprint density at radius 3 is 2.19 bits per heavy atom. The number of ether oxygens (including phenoxy) is 1. The van der Waals surface area contributed by atoms with Crippen molar-refractivity contribution < 1.29 is 19.1 Å². The number of likely N-dealkylation sites (N-methyl/N-ethyl adjacent to an activating group) is 1. The van der Waals surface area contributed by atoms with Crippen molar-refractivity contribution in [3.8, 4) is 0 Å². The number of anilines is 1. The molecule has 0 fully saturated rings. The summed E-state index contributed by atoms with van der Waals surface area (Å²) in [6.45, 7) is 13.7. The molecular weight excluding hydrogens is 452 g/mol. The summed E-state index contributed by atoms with van der Waals surface area (Å²) in [6, 6.07) is 14.5. The zero-order valence-corrected chi connectivity index (χ0v) is 22.6. The summed E-state index contributed by atoms with van der Waals surface area (Å²) in [5, 5.41) is 2.77. The maximum Gasteiger partial charge on any atom is 0.329 e. The summed E-state index contributed by atoms with van der Waals surface area (Å²) in [5.41, 5.74) is 4.25. The maximum absolute atomic E-state index is 12.8. The van der Waals surface area contributed by atoms with E-state index in [1.807, 2.05) is 56.1 Å². The third kappa shape index (κ3) is 5.69. The number of nitrogens with zero attached hydrogens (tertiary/aromatic N) is 1. The molecule has 1 atom stereocenters. The molecule has 6 nitrogen and oxygen atoms in total. The first-order valence-electron chi connectivity index (χ1n) is 12.4. The fourth-order valence-corrected chi connectivity index (χ4v) is 4.53. The molecule has 0 aromatic heterocycles. The number of rotatable bonds is 7. The second-order valence-electron chi connectivity index (χ2n) is 11.3. The van der Waals surface area contributed by atoms with Gasteiger partial charge in [0.05, 0.1) is 0 Å². The number of hydrogen-bond acceptors (Lipinski definition) is 5. The lowest BCUT2D eigenvalue weighted by atomic mass is 9.83. The van der Waals surface area contributed by atoms with Gasteiger partial charge in [-0.05, 0) is 40.7 Å². The standard InChI is InChI=1S/C30H38N2O4/c1-19(2)26(31-27(34)20-13-15-21(16-14-20)29(3,4)5)28(35)36-18-22(33)17-25-30(6,7)23-11-9-10-12-24(23)32(25)8/h9-17,19,26H,18H2,1-8H3,(H,31,34). The lowest BCUT2D eigenvalue weighted by molar-refractivity contribution is -0.150. The summed E-state index contributed by atoms with van der Waals surface area (Å²) in [6.07, 6.45) is 1.55. The van der Waals surface area contributed by atoms with Gasteiger partial charge in [-0.15, -0.1) is 0 Å². The predicted molar refractivity (Wildman–Crippen MR) is 143 cm³/mol. The molecule has 2 aromatic carbocycles. The molecule has 0 bridgehead atoms. The second-order valence-corrected chi connectivity index (χ2v) is 11.3. The molecule has 0 saturated heterocycles. The number of esters is 1. The summed E-state index contributed by atoms with van der Waals surface area (Å²) >= 11 is 0. The number of benzene rings is 2. The van der Waals surface area contributed by atoms with Crippen molar-refractivity contribution in [1.82, 2.24) is 5.32 Å². The molecule has 1 N–H and O–H groups in total. The summed E-state index contributed by atoms with van der Waals surface area (Å²) in [4.78, 5) is 40.4. The highest BCUT2D eigenvalue weighted by molar-refractivity contribution is 5.98. The Morgan fingerprint density at radius 2 is 1.64 bits per heavy atom. The van der Waals surface area contributed by atoms with Gasteiger partial charge >= 0.3 is 5.97 Å². The highest BCUT2D eigenvalue weighted by Crippen LogP contribution is 2.46. The van der Waals surface area contributed by atoms with Gasteiger partial charge in [-0.1, -0.05) is 78.8 Å². The predicted octanol–water partition coefficient (Wildman–Crippen LogP) is 5.16. The molecule has 1 unspecified atom stereocenters. The number of nitrogens with one attached hydrogen (secondary N) is 1. The number of para-hydroxylation sites is 1.